The van der Waals surface area contributed by atoms with Crippen molar-refractivity contribution < 1.29 is 4.74 Å². The highest BCUT2D eigenvalue weighted by Gasteiger charge is 2.16. The van der Waals surface area contributed by atoms with Gasteiger partial charge in [0.15, 0.2) is 0 Å². The van der Waals surface area contributed by atoms with Crippen LogP contribution in [0.4, 0.5) is 0 Å². The van der Waals surface area contributed by atoms with Crippen LogP contribution < -0.4 is 5.32 Å². The van der Waals surface area contributed by atoms with Crippen molar-refractivity contribution in [3.8, 4) is 0 Å². The first-order valence-corrected chi connectivity index (χ1v) is 7.19. The molecule has 3 heteroatoms. The van der Waals surface area contributed by atoms with Gasteiger partial charge in [0.2, 0.25) is 0 Å². The van der Waals surface area contributed by atoms with Gasteiger partial charge in [-0.25, -0.2) is 0 Å². The van der Waals surface area contributed by atoms with E-state index in [4.69, 9.17) is 4.74 Å². The van der Waals surface area contributed by atoms with Crippen LogP contribution in [0.5, 0.6) is 0 Å². The molecule has 1 saturated heterocycles. The Bertz CT molecular complexity index is 181. The number of nitrogens with zero attached hydrogens (tertiary/aromatic N) is 1. The Balaban J connectivity index is 2.07. The minimum absolute atomic E-state index is 0.732. The highest BCUT2D eigenvalue weighted by atomic mass is 16.5. The fourth-order valence-electron chi connectivity index (χ4n) is 2.59. The Morgan fingerprint density at radius 2 is 2.29 bits per heavy atom. The van der Waals surface area contributed by atoms with Crippen LogP contribution in [0, 0.1) is 11.8 Å². The van der Waals surface area contributed by atoms with E-state index in [0.29, 0.717) is 0 Å². The number of nitrogens with one attached hydrogen (secondary N) is 1. The normalized spacial score (nSPS) is 22.9. The van der Waals surface area contributed by atoms with Gasteiger partial charge in [0.25, 0.3) is 0 Å². The summed E-state index contributed by atoms with van der Waals surface area (Å²) < 4.78 is 5.53. The number of ether oxygens (including phenoxy) is 1. The lowest BCUT2D eigenvalue weighted by Gasteiger charge is -2.28. The van der Waals surface area contributed by atoms with Gasteiger partial charge in [-0.3, -0.25) is 0 Å². The molecule has 1 aliphatic heterocycles. The molecule has 0 aliphatic carbocycles. The molecule has 0 spiro atoms. The molecule has 1 heterocycles. The molecule has 1 aliphatic rings. The second-order valence-electron chi connectivity index (χ2n) is 5.61. The van der Waals surface area contributed by atoms with Gasteiger partial charge in [-0.05, 0) is 51.2 Å². The molecule has 3 nitrogen and oxygen atoms in total. The lowest BCUT2D eigenvalue weighted by atomic mass is 10.0. The summed E-state index contributed by atoms with van der Waals surface area (Å²) in [6.45, 7) is 11.1. The van der Waals surface area contributed by atoms with Crippen molar-refractivity contribution in [1.29, 1.82) is 0 Å². The van der Waals surface area contributed by atoms with E-state index in [2.05, 4.69) is 31.1 Å². The van der Waals surface area contributed by atoms with Crippen LogP contribution in [-0.2, 0) is 4.74 Å². The molecule has 0 aromatic heterocycles. The summed E-state index contributed by atoms with van der Waals surface area (Å²) in [6.07, 6.45) is 3.81. The molecule has 2 unspecified atom stereocenters. The second-order valence-corrected chi connectivity index (χ2v) is 5.61. The van der Waals surface area contributed by atoms with E-state index in [0.717, 1.165) is 38.1 Å². The summed E-state index contributed by atoms with van der Waals surface area (Å²) in [7, 11) is 2.24. The lowest BCUT2D eigenvalue weighted by molar-refractivity contribution is 0.0405. The fraction of sp³-hybridized carbons (Fsp3) is 1.00. The molecular weight excluding hydrogens is 212 g/mol. The topological polar surface area (TPSA) is 24.5 Å². The molecule has 1 rings (SSSR count). The summed E-state index contributed by atoms with van der Waals surface area (Å²) >= 11 is 0. The standard InChI is InChI=1S/C14H30N2O/c1-4-7-15-9-13(2)10-16(3)11-14-6-5-8-17-12-14/h13-15H,4-12H2,1-3H3. The molecule has 1 fully saturated rings. The maximum Gasteiger partial charge on any atom is 0.0506 e. The van der Waals surface area contributed by atoms with Crippen molar-refractivity contribution in [3.05, 3.63) is 0 Å². The van der Waals surface area contributed by atoms with Gasteiger partial charge in [-0.2, -0.15) is 0 Å². The van der Waals surface area contributed by atoms with Gasteiger partial charge in [0.05, 0.1) is 6.61 Å². The van der Waals surface area contributed by atoms with Crippen LogP contribution in [0.2, 0.25) is 0 Å². The summed E-state index contributed by atoms with van der Waals surface area (Å²) in [5.74, 6) is 1.49. The maximum absolute atomic E-state index is 5.53. The molecule has 0 radical (unpaired) electrons. The molecule has 17 heavy (non-hydrogen) atoms. The van der Waals surface area contributed by atoms with Gasteiger partial charge in [0.1, 0.15) is 0 Å². The van der Waals surface area contributed by atoms with Gasteiger partial charge >= 0.3 is 0 Å². The molecule has 102 valence electrons. The van der Waals surface area contributed by atoms with Crippen LogP contribution >= 0.6 is 0 Å². The van der Waals surface area contributed by atoms with E-state index < -0.39 is 0 Å². The largest absolute Gasteiger partial charge is 0.381 e. The molecule has 2 atom stereocenters. The highest BCUT2D eigenvalue weighted by molar-refractivity contribution is 4.69. The Hall–Kier alpha value is -0.120. The second kappa shape index (κ2) is 8.90. The Morgan fingerprint density at radius 3 is 2.94 bits per heavy atom. The third-order valence-electron chi connectivity index (χ3n) is 3.37. The third-order valence-corrected chi connectivity index (χ3v) is 3.37. The SMILES string of the molecule is CCCNCC(C)CN(C)CC1CCCOC1. The highest BCUT2D eigenvalue weighted by Crippen LogP contribution is 2.14. The van der Waals surface area contributed by atoms with E-state index in [-0.39, 0.29) is 0 Å². The van der Waals surface area contributed by atoms with Gasteiger partial charge in [0, 0.05) is 19.7 Å². The predicted octanol–water partition coefficient (Wildman–Crippen LogP) is 1.98. The van der Waals surface area contributed by atoms with Crippen molar-refractivity contribution in [3.63, 3.8) is 0 Å². The fourth-order valence-corrected chi connectivity index (χ4v) is 2.59. The van der Waals surface area contributed by atoms with Gasteiger partial charge in [-0.15, -0.1) is 0 Å². The lowest BCUT2D eigenvalue weighted by Crippen LogP contribution is -2.36. The molecule has 1 N–H and O–H groups in total. The minimum Gasteiger partial charge on any atom is -0.381 e. The van der Waals surface area contributed by atoms with Crippen molar-refractivity contribution in [2.45, 2.75) is 33.1 Å². The summed E-state index contributed by atoms with van der Waals surface area (Å²) in [5, 5.41) is 3.49. The zero-order valence-electron chi connectivity index (χ0n) is 11.9. The van der Waals surface area contributed by atoms with Crippen LogP contribution in [-0.4, -0.2) is 51.3 Å². The first-order valence-electron chi connectivity index (χ1n) is 7.19. The van der Waals surface area contributed by atoms with Crippen molar-refractivity contribution in [2.75, 3.05) is 46.4 Å². The van der Waals surface area contributed by atoms with E-state index in [1.54, 1.807) is 0 Å². The van der Waals surface area contributed by atoms with Gasteiger partial charge in [-0.1, -0.05) is 13.8 Å². The number of hydrogen-bond acceptors (Lipinski definition) is 3. The molecular formula is C14H30N2O. The first kappa shape index (κ1) is 14.9. The van der Waals surface area contributed by atoms with Crippen LogP contribution in [0.3, 0.4) is 0 Å². The summed E-state index contributed by atoms with van der Waals surface area (Å²) in [6, 6.07) is 0. The molecule has 0 aromatic rings. The zero-order valence-corrected chi connectivity index (χ0v) is 11.9. The number of rotatable bonds is 8. The zero-order chi connectivity index (χ0) is 12.5. The minimum atomic E-state index is 0.732. The van der Waals surface area contributed by atoms with E-state index in [1.165, 1.54) is 32.4 Å². The smallest absolute Gasteiger partial charge is 0.0506 e. The van der Waals surface area contributed by atoms with Crippen molar-refractivity contribution in [1.82, 2.24) is 10.2 Å². The monoisotopic (exact) mass is 242 g/mol. The molecule has 0 amide bonds. The maximum atomic E-state index is 5.53. The Labute approximate surface area is 107 Å². The molecule has 0 bridgehead atoms. The van der Waals surface area contributed by atoms with E-state index in [1.807, 2.05) is 0 Å². The molecule has 0 aromatic carbocycles. The first-order chi connectivity index (χ1) is 8.22. The van der Waals surface area contributed by atoms with Gasteiger partial charge < -0.3 is 15.0 Å². The van der Waals surface area contributed by atoms with Crippen molar-refractivity contribution in [2.24, 2.45) is 11.8 Å². The van der Waals surface area contributed by atoms with E-state index in [9.17, 15) is 0 Å². The Kier molecular flexibility index (Phi) is 7.82. The Morgan fingerprint density at radius 1 is 1.47 bits per heavy atom. The average Bonchev–Trinajstić information content (AvgIpc) is 2.30. The van der Waals surface area contributed by atoms with Crippen LogP contribution in [0.25, 0.3) is 0 Å². The number of hydrogen-bond donors (Lipinski definition) is 1. The quantitative estimate of drug-likeness (QED) is 0.659. The average molecular weight is 242 g/mol. The molecule has 0 saturated carbocycles. The third kappa shape index (κ3) is 7.02. The summed E-state index contributed by atoms with van der Waals surface area (Å²) in [5.41, 5.74) is 0. The van der Waals surface area contributed by atoms with Crippen LogP contribution in [0.15, 0.2) is 0 Å². The van der Waals surface area contributed by atoms with Crippen LogP contribution in [0.1, 0.15) is 33.1 Å². The van der Waals surface area contributed by atoms with Crippen molar-refractivity contribution >= 4 is 0 Å². The summed E-state index contributed by atoms with van der Waals surface area (Å²) in [4.78, 5) is 2.47. The van der Waals surface area contributed by atoms with E-state index >= 15 is 0 Å². The predicted molar refractivity (Wildman–Crippen MR) is 73.4 cm³/mol.